The van der Waals surface area contributed by atoms with Gasteiger partial charge in [-0.05, 0) is 25.3 Å². The highest BCUT2D eigenvalue weighted by atomic mass is 35.5. The highest BCUT2D eigenvalue weighted by Crippen LogP contribution is 2.34. The summed E-state index contributed by atoms with van der Waals surface area (Å²) in [7, 11) is 1.88. The highest BCUT2D eigenvalue weighted by Gasteiger charge is 2.34. The van der Waals surface area contributed by atoms with Crippen molar-refractivity contribution in [2.24, 2.45) is 7.05 Å². The second-order valence-corrected chi connectivity index (χ2v) is 6.70. The molecule has 0 aliphatic carbocycles. The van der Waals surface area contributed by atoms with E-state index in [1.54, 1.807) is 4.68 Å². The number of rotatable bonds is 5. The van der Waals surface area contributed by atoms with Gasteiger partial charge in [0.2, 0.25) is 0 Å². The SMILES string of the molecule is Cc1nn(C)c(Cl)c1CNCC1(c2ccccc2)CCOCC1.Cl. The van der Waals surface area contributed by atoms with Crippen LogP contribution in [0, 0.1) is 6.92 Å². The fraction of sp³-hybridized carbons (Fsp3) is 0.500. The van der Waals surface area contributed by atoms with Crippen molar-refractivity contribution in [3.05, 3.63) is 52.3 Å². The summed E-state index contributed by atoms with van der Waals surface area (Å²) in [6, 6.07) is 10.8. The van der Waals surface area contributed by atoms with Crippen LogP contribution < -0.4 is 5.32 Å². The Morgan fingerprint density at radius 1 is 1.25 bits per heavy atom. The molecule has 0 saturated carbocycles. The number of benzene rings is 1. The first-order chi connectivity index (χ1) is 11.1. The molecule has 4 nitrogen and oxygen atoms in total. The number of aryl methyl sites for hydroxylation is 2. The largest absolute Gasteiger partial charge is 0.381 e. The van der Waals surface area contributed by atoms with E-state index in [9.17, 15) is 0 Å². The summed E-state index contributed by atoms with van der Waals surface area (Å²) in [6.07, 6.45) is 2.09. The Labute approximate surface area is 154 Å². The molecule has 0 bridgehead atoms. The predicted molar refractivity (Wildman–Crippen MR) is 100 cm³/mol. The van der Waals surface area contributed by atoms with Gasteiger partial charge in [-0.1, -0.05) is 41.9 Å². The highest BCUT2D eigenvalue weighted by molar-refractivity contribution is 6.30. The monoisotopic (exact) mass is 369 g/mol. The third kappa shape index (κ3) is 3.94. The van der Waals surface area contributed by atoms with Crippen LogP contribution in [0.4, 0.5) is 0 Å². The molecular formula is C18H25Cl2N3O. The fourth-order valence-corrected chi connectivity index (χ4v) is 3.66. The van der Waals surface area contributed by atoms with Crippen molar-refractivity contribution < 1.29 is 4.74 Å². The maximum Gasteiger partial charge on any atom is 0.131 e. The maximum atomic E-state index is 6.33. The average molecular weight is 370 g/mol. The number of hydrogen-bond acceptors (Lipinski definition) is 3. The Hall–Kier alpha value is -1.07. The maximum absolute atomic E-state index is 6.33. The molecular weight excluding hydrogens is 345 g/mol. The summed E-state index contributed by atoms with van der Waals surface area (Å²) in [5.74, 6) is 0. The van der Waals surface area contributed by atoms with E-state index in [0.29, 0.717) is 0 Å². The Bertz CT molecular complexity index is 652. The lowest BCUT2D eigenvalue weighted by Gasteiger charge is -2.38. The van der Waals surface area contributed by atoms with E-state index in [1.165, 1.54) is 5.56 Å². The molecule has 1 aromatic carbocycles. The van der Waals surface area contributed by atoms with Crippen molar-refractivity contribution in [3.8, 4) is 0 Å². The molecule has 2 aromatic rings. The van der Waals surface area contributed by atoms with Crippen LogP contribution in [0.15, 0.2) is 30.3 Å². The van der Waals surface area contributed by atoms with E-state index < -0.39 is 0 Å². The van der Waals surface area contributed by atoms with Gasteiger partial charge in [-0.25, -0.2) is 0 Å². The third-order valence-electron chi connectivity index (χ3n) is 4.87. The van der Waals surface area contributed by atoms with Crippen LogP contribution in [0.25, 0.3) is 0 Å². The number of nitrogens with one attached hydrogen (secondary N) is 1. The first-order valence-electron chi connectivity index (χ1n) is 8.14. The summed E-state index contributed by atoms with van der Waals surface area (Å²) in [6.45, 7) is 5.32. The molecule has 1 aliphatic heterocycles. The molecule has 6 heteroatoms. The molecule has 0 atom stereocenters. The van der Waals surface area contributed by atoms with Gasteiger partial charge in [0.1, 0.15) is 5.15 Å². The summed E-state index contributed by atoms with van der Waals surface area (Å²) >= 11 is 6.33. The molecule has 0 amide bonds. The standard InChI is InChI=1S/C18H24ClN3O.ClH/c1-14-16(17(19)22(2)21-14)12-20-13-18(8-10-23-11-9-18)15-6-4-3-5-7-15;/h3-7,20H,8-13H2,1-2H3;1H. The molecule has 0 unspecified atom stereocenters. The van der Waals surface area contributed by atoms with Crippen LogP contribution in [0.3, 0.4) is 0 Å². The summed E-state index contributed by atoms with van der Waals surface area (Å²) < 4.78 is 7.32. The van der Waals surface area contributed by atoms with Crippen LogP contribution in [0.1, 0.15) is 29.7 Å². The molecule has 1 saturated heterocycles. The van der Waals surface area contributed by atoms with Gasteiger partial charge in [0.15, 0.2) is 0 Å². The van der Waals surface area contributed by atoms with Crippen molar-refractivity contribution in [2.75, 3.05) is 19.8 Å². The normalized spacial score (nSPS) is 16.6. The van der Waals surface area contributed by atoms with E-state index in [1.807, 2.05) is 14.0 Å². The minimum atomic E-state index is 0. The lowest BCUT2D eigenvalue weighted by atomic mass is 9.74. The number of nitrogens with zero attached hydrogens (tertiary/aromatic N) is 2. The Balaban J connectivity index is 0.00000208. The summed E-state index contributed by atoms with van der Waals surface area (Å²) in [5, 5.41) is 8.71. The van der Waals surface area contributed by atoms with E-state index in [-0.39, 0.29) is 17.8 Å². The number of hydrogen-bond donors (Lipinski definition) is 1. The zero-order chi connectivity index (χ0) is 16.3. The van der Waals surface area contributed by atoms with E-state index >= 15 is 0 Å². The predicted octanol–water partition coefficient (Wildman–Crippen LogP) is 3.64. The van der Waals surface area contributed by atoms with Gasteiger partial charge < -0.3 is 10.1 Å². The van der Waals surface area contributed by atoms with Crippen molar-refractivity contribution in [2.45, 2.75) is 31.7 Å². The number of aromatic nitrogens is 2. The lowest BCUT2D eigenvalue weighted by molar-refractivity contribution is 0.0498. The van der Waals surface area contributed by atoms with Crippen LogP contribution in [-0.2, 0) is 23.7 Å². The number of halogens is 2. The van der Waals surface area contributed by atoms with Crippen molar-refractivity contribution >= 4 is 24.0 Å². The molecule has 1 N–H and O–H groups in total. The van der Waals surface area contributed by atoms with Gasteiger partial charge >= 0.3 is 0 Å². The quantitative estimate of drug-likeness (QED) is 0.874. The summed E-state index contributed by atoms with van der Waals surface area (Å²) in [4.78, 5) is 0. The topological polar surface area (TPSA) is 39.1 Å². The Kier molecular flexibility index (Phi) is 6.70. The van der Waals surface area contributed by atoms with E-state index in [4.69, 9.17) is 16.3 Å². The summed E-state index contributed by atoms with van der Waals surface area (Å²) in [5.41, 5.74) is 3.61. The molecule has 1 aromatic heterocycles. The van der Waals surface area contributed by atoms with Crippen molar-refractivity contribution in [1.29, 1.82) is 0 Å². The van der Waals surface area contributed by atoms with Crippen LogP contribution in [0.5, 0.6) is 0 Å². The minimum absolute atomic E-state index is 0. The van der Waals surface area contributed by atoms with Gasteiger partial charge in [0, 0.05) is 44.3 Å². The van der Waals surface area contributed by atoms with E-state index in [0.717, 1.165) is 55.6 Å². The lowest BCUT2D eigenvalue weighted by Crippen LogP contribution is -2.42. The molecule has 24 heavy (non-hydrogen) atoms. The van der Waals surface area contributed by atoms with Gasteiger partial charge in [0.25, 0.3) is 0 Å². The molecule has 0 spiro atoms. The third-order valence-corrected chi connectivity index (χ3v) is 5.34. The second kappa shape index (κ2) is 8.34. The Morgan fingerprint density at radius 3 is 2.50 bits per heavy atom. The molecule has 2 heterocycles. The molecule has 3 rings (SSSR count). The Morgan fingerprint density at radius 2 is 1.92 bits per heavy atom. The van der Waals surface area contributed by atoms with Gasteiger partial charge in [-0.3, -0.25) is 4.68 Å². The van der Waals surface area contributed by atoms with Gasteiger partial charge in [0.05, 0.1) is 5.69 Å². The van der Waals surface area contributed by atoms with E-state index in [2.05, 4.69) is 40.7 Å². The van der Waals surface area contributed by atoms with Gasteiger partial charge in [-0.15, -0.1) is 12.4 Å². The first kappa shape index (κ1) is 19.3. The fourth-order valence-electron chi connectivity index (χ4n) is 3.42. The molecule has 1 aliphatic rings. The van der Waals surface area contributed by atoms with Crippen molar-refractivity contribution in [1.82, 2.24) is 15.1 Å². The van der Waals surface area contributed by atoms with Crippen LogP contribution >= 0.6 is 24.0 Å². The zero-order valence-electron chi connectivity index (χ0n) is 14.2. The van der Waals surface area contributed by atoms with Crippen LogP contribution in [0.2, 0.25) is 5.15 Å². The molecule has 0 radical (unpaired) electrons. The molecule has 1 fully saturated rings. The first-order valence-corrected chi connectivity index (χ1v) is 8.52. The number of ether oxygens (including phenoxy) is 1. The van der Waals surface area contributed by atoms with Crippen molar-refractivity contribution in [3.63, 3.8) is 0 Å². The van der Waals surface area contributed by atoms with Gasteiger partial charge in [-0.2, -0.15) is 5.10 Å². The minimum Gasteiger partial charge on any atom is -0.381 e. The second-order valence-electron chi connectivity index (χ2n) is 6.34. The molecule has 132 valence electrons. The van der Waals surface area contributed by atoms with Crippen LogP contribution in [-0.4, -0.2) is 29.5 Å². The smallest absolute Gasteiger partial charge is 0.131 e. The average Bonchev–Trinajstić information content (AvgIpc) is 2.83. The zero-order valence-corrected chi connectivity index (χ0v) is 15.8.